The van der Waals surface area contributed by atoms with Crippen LogP contribution in [0.1, 0.15) is 34.1 Å². The molecule has 0 saturated carbocycles. The Balaban J connectivity index is 4.58. The number of hydrogen-bond donors (Lipinski definition) is 1. The molecule has 0 rings (SSSR count). The molecule has 0 radical (unpaired) electrons. The molecule has 0 fully saturated rings. The van der Waals surface area contributed by atoms with E-state index in [9.17, 15) is 4.79 Å². The number of nitrogens with zero attached hydrogens (tertiary/aromatic N) is 1. The van der Waals surface area contributed by atoms with Crippen molar-refractivity contribution in [3.05, 3.63) is 0 Å². The number of nitrogens with one attached hydrogen (secondary N) is 1. The van der Waals surface area contributed by atoms with Crippen LogP contribution in [0.25, 0.3) is 0 Å². The predicted octanol–water partition coefficient (Wildman–Crippen LogP) is 1.26. The molecule has 0 saturated heterocycles. The molecule has 0 aromatic heterocycles. The van der Waals surface area contributed by atoms with Crippen LogP contribution in [-0.2, 0) is 9.53 Å². The maximum atomic E-state index is 11.8. The van der Waals surface area contributed by atoms with Crippen molar-refractivity contribution in [2.75, 3.05) is 27.2 Å². The van der Waals surface area contributed by atoms with Gasteiger partial charge in [0.25, 0.3) is 0 Å². The number of rotatable bonds is 7. The molecule has 0 aromatic carbocycles. The first-order valence-corrected chi connectivity index (χ1v) is 5.91. The van der Waals surface area contributed by atoms with Crippen LogP contribution in [0.5, 0.6) is 0 Å². The maximum Gasteiger partial charge on any atom is 0.327 e. The highest BCUT2D eigenvalue weighted by atomic mass is 16.5. The smallest absolute Gasteiger partial charge is 0.327 e. The topological polar surface area (TPSA) is 41.6 Å². The second-order valence-electron chi connectivity index (χ2n) is 4.76. The third-order valence-electron chi connectivity index (χ3n) is 2.85. The minimum absolute atomic E-state index is 0.201. The van der Waals surface area contributed by atoms with Crippen molar-refractivity contribution < 1.29 is 9.53 Å². The quantitative estimate of drug-likeness (QED) is 0.669. The summed E-state index contributed by atoms with van der Waals surface area (Å²) >= 11 is 0. The van der Waals surface area contributed by atoms with Crippen LogP contribution < -0.4 is 5.32 Å². The van der Waals surface area contributed by atoms with Crippen LogP contribution in [0.3, 0.4) is 0 Å². The second kappa shape index (κ2) is 6.86. The third-order valence-corrected chi connectivity index (χ3v) is 2.85. The Morgan fingerprint density at radius 2 is 2.06 bits per heavy atom. The average molecular weight is 230 g/mol. The number of esters is 1. The molecule has 1 unspecified atom stereocenters. The van der Waals surface area contributed by atoms with Gasteiger partial charge in [0.05, 0.1) is 7.11 Å². The molecule has 0 bridgehead atoms. The molecule has 0 aliphatic carbocycles. The maximum absolute atomic E-state index is 11.8. The zero-order chi connectivity index (χ0) is 12.8. The van der Waals surface area contributed by atoms with Crippen LogP contribution in [0, 0.1) is 0 Å². The Labute approximate surface area is 99.3 Å². The van der Waals surface area contributed by atoms with Gasteiger partial charge in [-0.25, -0.2) is 0 Å². The summed E-state index contributed by atoms with van der Waals surface area (Å²) in [6.07, 6.45) is 0.998. The molecule has 0 aromatic rings. The molecule has 0 amide bonds. The van der Waals surface area contributed by atoms with Gasteiger partial charge in [-0.2, -0.15) is 0 Å². The van der Waals surface area contributed by atoms with Crippen molar-refractivity contribution in [1.82, 2.24) is 10.2 Å². The Hall–Kier alpha value is -0.610. The van der Waals surface area contributed by atoms with Crippen LogP contribution in [0.2, 0.25) is 0 Å². The summed E-state index contributed by atoms with van der Waals surface area (Å²) in [4.78, 5) is 13.9. The summed E-state index contributed by atoms with van der Waals surface area (Å²) < 4.78 is 4.86. The van der Waals surface area contributed by atoms with Gasteiger partial charge in [-0.05, 0) is 40.8 Å². The number of ether oxygens (including phenoxy) is 1. The molecule has 0 spiro atoms. The fourth-order valence-electron chi connectivity index (χ4n) is 1.50. The Kier molecular flexibility index (Phi) is 6.60. The first-order valence-electron chi connectivity index (χ1n) is 5.91. The monoisotopic (exact) mass is 230 g/mol. The van der Waals surface area contributed by atoms with Crippen LogP contribution in [0.15, 0.2) is 0 Å². The second-order valence-corrected chi connectivity index (χ2v) is 4.76. The lowest BCUT2D eigenvalue weighted by atomic mass is 10.0. The summed E-state index contributed by atoms with van der Waals surface area (Å²) in [5, 5.41) is 3.27. The highest BCUT2D eigenvalue weighted by Gasteiger charge is 2.35. The number of carbonyl (C=O) groups excluding carboxylic acids is 1. The highest BCUT2D eigenvalue weighted by molar-refractivity contribution is 5.80. The first kappa shape index (κ1) is 15.4. The minimum atomic E-state index is -0.621. The normalized spacial score (nSPS) is 15.2. The summed E-state index contributed by atoms with van der Waals surface area (Å²) in [6, 6.07) is 0.410. The van der Waals surface area contributed by atoms with E-state index in [1.54, 1.807) is 0 Å². The summed E-state index contributed by atoms with van der Waals surface area (Å²) in [5.41, 5.74) is -0.621. The van der Waals surface area contributed by atoms with Crippen molar-refractivity contribution in [1.29, 1.82) is 0 Å². The van der Waals surface area contributed by atoms with Gasteiger partial charge in [-0.3, -0.25) is 4.79 Å². The zero-order valence-electron chi connectivity index (χ0n) is 11.5. The van der Waals surface area contributed by atoms with E-state index in [1.165, 1.54) is 7.11 Å². The highest BCUT2D eigenvalue weighted by Crippen LogP contribution is 2.10. The lowest BCUT2D eigenvalue weighted by molar-refractivity contribution is -0.148. The van der Waals surface area contributed by atoms with Gasteiger partial charge >= 0.3 is 5.97 Å². The van der Waals surface area contributed by atoms with Crippen molar-refractivity contribution in [2.24, 2.45) is 0 Å². The van der Waals surface area contributed by atoms with Gasteiger partial charge in [0, 0.05) is 12.6 Å². The van der Waals surface area contributed by atoms with E-state index in [-0.39, 0.29) is 5.97 Å². The van der Waals surface area contributed by atoms with Crippen LogP contribution >= 0.6 is 0 Å². The van der Waals surface area contributed by atoms with E-state index in [2.05, 4.69) is 31.0 Å². The number of hydrogen-bond acceptors (Lipinski definition) is 4. The van der Waals surface area contributed by atoms with Crippen LogP contribution in [-0.4, -0.2) is 49.7 Å². The number of carbonyl (C=O) groups is 1. The first-order chi connectivity index (χ1) is 7.37. The molecule has 4 heteroatoms. The third kappa shape index (κ3) is 4.49. The Morgan fingerprint density at radius 1 is 1.50 bits per heavy atom. The van der Waals surface area contributed by atoms with Gasteiger partial charge < -0.3 is 15.0 Å². The van der Waals surface area contributed by atoms with Crippen LogP contribution in [0.4, 0.5) is 0 Å². The van der Waals surface area contributed by atoms with Gasteiger partial charge in [-0.1, -0.05) is 6.92 Å². The molecule has 4 nitrogen and oxygen atoms in total. The molecule has 0 heterocycles. The van der Waals surface area contributed by atoms with Crippen molar-refractivity contribution in [3.63, 3.8) is 0 Å². The SMILES string of the molecule is CCCNC(C)(CN(C)C(C)C)C(=O)OC. The minimum Gasteiger partial charge on any atom is -0.468 e. The number of methoxy groups -OCH3 is 1. The summed E-state index contributed by atoms with van der Waals surface area (Å²) in [7, 11) is 3.45. The van der Waals surface area contributed by atoms with Gasteiger partial charge in [0.1, 0.15) is 5.54 Å². The van der Waals surface area contributed by atoms with E-state index < -0.39 is 5.54 Å². The summed E-state index contributed by atoms with van der Waals surface area (Å²) in [6.45, 7) is 9.66. The number of likely N-dealkylation sites (N-methyl/N-ethyl adjacent to an activating group) is 1. The van der Waals surface area contributed by atoms with Gasteiger partial charge in [0.15, 0.2) is 0 Å². The van der Waals surface area contributed by atoms with Gasteiger partial charge in [0.2, 0.25) is 0 Å². The fourth-order valence-corrected chi connectivity index (χ4v) is 1.50. The van der Waals surface area contributed by atoms with E-state index in [1.807, 2.05) is 14.0 Å². The standard InChI is InChI=1S/C12H26N2O2/c1-7-8-13-12(4,11(15)16-6)9-14(5)10(2)3/h10,13H,7-9H2,1-6H3. The molecular weight excluding hydrogens is 204 g/mol. The molecule has 0 aliphatic heterocycles. The van der Waals surface area contributed by atoms with Crippen molar-refractivity contribution >= 4 is 5.97 Å². The Bertz CT molecular complexity index is 219. The molecule has 0 aliphatic rings. The van der Waals surface area contributed by atoms with Crippen molar-refractivity contribution in [2.45, 2.75) is 45.7 Å². The predicted molar refractivity (Wildman–Crippen MR) is 66.5 cm³/mol. The largest absolute Gasteiger partial charge is 0.468 e. The Morgan fingerprint density at radius 3 is 2.44 bits per heavy atom. The molecule has 16 heavy (non-hydrogen) atoms. The summed E-state index contributed by atoms with van der Waals surface area (Å²) in [5.74, 6) is -0.201. The lowest BCUT2D eigenvalue weighted by Gasteiger charge is -2.34. The van der Waals surface area contributed by atoms with E-state index in [0.717, 1.165) is 13.0 Å². The molecule has 1 atom stereocenters. The van der Waals surface area contributed by atoms with Gasteiger partial charge in [-0.15, -0.1) is 0 Å². The van der Waals surface area contributed by atoms with E-state index >= 15 is 0 Å². The van der Waals surface area contributed by atoms with E-state index in [4.69, 9.17) is 4.74 Å². The fraction of sp³-hybridized carbons (Fsp3) is 0.917. The van der Waals surface area contributed by atoms with E-state index in [0.29, 0.717) is 12.6 Å². The molecule has 1 N–H and O–H groups in total. The molecular formula is C12H26N2O2. The lowest BCUT2D eigenvalue weighted by Crippen LogP contribution is -2.57. The molecule has 96 valence electrons. The average Bonchev–Trinajstić information content (AvgIpc) is 2.24. The van der Waals surface area contributed by atoms with Crippen molar-refractivity contribution in [3.8, 4) is 0 Å². The zero-order valence-corrected chi connectivity index (χ0v) is 11.5.